The van der Waals surface area contributed by atoms with Crippen LogP contribution in [0.15, 0.2) is 11.2 Å². The molecule has 1 aliphatic rings. The van der Waals surface area contributed by atoms with Crippen LogP contribution in [-0.2, 0) is 26.5 Å². The Morgan fingerprint density at radius 3 is 2.70 bits per heavy atom. The lowest BCUT2D eigenvalue weighted by Crippen LogP contribution is -2.47. The Hall–Kier alpha value is -0.970. The Morgan fingerprint density at radius 2 is 2.15 bits per heavy atom. The number of aromatic amines is 1. The first kappa shape index (κ1) is 15.4. The van der Waals surface area contributed by atoms with E-state index in [2.05, 4.69) is 9.97 Å². The largest absolute Gasteiger partial charge is 0.332 e. The van der Waals surface area contributed by atoms with Crippen molar-refractivity contribution < 1.29 is 16.8 Å². The van der Waals surface area contributed by atoms with Crippen molar-refractivity contribution in [3.05, 3.63) is 12.0 Å². The minimum absolute atomic E-state index is 0.00980. The van der Waals surface area contributed by atoms with Crippen LogP contribution in [0.2, 0.25) is 0 Å². The third-order valence-corrected chi connectivity index (χ3v) is 6.45. The number of H-pyrrole nitrogens is 1. The number of nitrogens with zero attached hydrogens (tertiary/aromatic N) is 2. The lowest BCUT2D eigenvalue weighted by Gasteiger charge is -2.30. The number of sulfonamides is 2. The van der Waals surface area contributed by atoms with Crippen molar-refractivity contribution in [2.75, 3.05) is 13.1 Å². The molecule has 0 bridgehead atoms. The van der Waals surface area contributed by atoms with Gasteiger partial charge in [-0.1, -0.05) is 6.92 Å². The summed E-state index contributed by atoms with van der Waals surface area (Å²) < 4.78 is 48.7. The van der Waals surface area contributed by atoms with Crippen LogP contribution in [0.1, 0.15) is 25.6 Å². The van der Waals surface area contributed by atoms with Crippen LogP contribution in [0, 0.1) is 0 Å². The van der Waals surface area contributed by atoms with Crippen LogP contribution in [0.4, 0.5) is 0 Å². The van der Waals surface area contributed by atoms with Gasteiger partial charge >= 0.3 is 0 Å². The predicted octanol–water partition coefficient (Wildman–Crippen LogP) is -0.586. The summed E-state index contributed by atoms with van der Waals surface area (Å²) in [5, 5.41) is 4.25. The standard InChI is InChI=1S/C10H18N4O4S2/c1-2-9-12-6-10(13-9)20(17,18)14-5-3-4-8(7-14)19(11,15)16/h6,8H,2-5,7H2,1H3,(H,12,13)(H2,11,15,16). The molecule has 1 fully saturated rings. The van der Waals surface area contributed by atoms with Gasteiger partial charge in [0.1, 0.15) is 5.82 Å². The van der Waals surface area contributed by atoms with E-state index in [1.807, 2.05) is 6.92 Å². The summed E-state index contributed by atoms with van der Waals surface area (Å²) in [4.78, 5) is 6.69. The minimum Gasteiger partial charge on any atom is -0.332 e. The van der Waals surface area contributed by atoms with Crippen LogP contribution in [0.5, 0.6) is 0 Å². The summed E-state index contributed by atoms with van der Waals surface area (Å²) in [7, 11) is -7.48. The lowest BCUT2D eigenvalue weighted by molar-refractivity contribution is 0.345. The SMILES string of the molecule is CCc1ncc(S(=O)(=O)N2CCCC(S(N)(=O)=O)C2)[nH]1. The highest BCUT2D eigenvalue weighted by Crippen LogP contribution is 2.22. The molecule has 2 rings (SSSR count). The molecule has 2 heterocycles. The number of nitrogens with one attached hydrogen (secondary N) is 1. The second-order valence-electron chi connectivity index (χ2n) is 4.76. The molecule has 8 nitrogen and oxygen atoms in total. The third kappa shape index (κ3) is 3.03. The number of aromatic nitrogens is 2. The molecule has 20 heavy (non-hydrogen) atoms. The maximum Gasteiger partial charge on any atom is 0.260 e. The van der Waals surface area contributed by atoms with E-state index in [1.165, 1.54) is 6.20 Å². The first-order valence-corrected chi connectivity index (χ1v) is 9.35. The van der Waals surface area contributed by atoms with E-state index in [1.54, 1.807) is 0 Å². The fraction of sp³-hybridized carbons (Fsp3) is 0.700. The smallest absolute Gasteiger partial charge is 0.260 e. The second-order valence-corrected chi connectivity index (χ2v) is 8.52. The summed E-state index contributed by atoms with van der Waals surface area (Å²) >= 11 is 0. The number of aryl methyl sites for hydroxylation is 1. The van der Waals surface area contributed by atoms with Crippen molar-refractivity contribution in [1.29, 1.82) is 0 Å². The molecule has 1 aromatic rings. The zero-order valence-electron chi connectivity index (χ0n) is 11.1. The quantitative estimate of drug-likeness (QED) is 0.766. The average molecular weight is 322 g/mol. The molecule has 10 heteroatoms. The molecule has 1 atom stereocenters. The van der Waals surface area contributed by atoms with Gasteiger partial charge in [-0.3, -0.25) is 0 Å². The minimum atomic E-state index is -3.75. The van der Waals surface area contributed by atoms with Gasteiger partial charge in [-0.05, 0) is 12.8 Å². The highest BCUT2D eigenvalue weighted by Gasteiger charge is 2.35. The first-order valence-electron chi connectivity index (χ1n) is 6.30. The molecule has 1 unspecified atom stereocenters. The van der Waals surface area contributed by atoms with Crippen LogP contribution < -0.4 is 5.14 Å². The van der Waals surface area contributed by atoms with E-state index < -0.39 is 25.3 Å². The molecule has 0 radical (unpaired) electrons. The normalized spacial score (nSPS) is 22.0. The van der Waals surface area contributed by atoms with E-state index in [-0.39, 0.29) is 18.1 Å². The van der Waals surface area contributed by atoms with Crippen LogP contribution >= 0.6 is 0 Å². The first-order chi connectivity index (χ1) is 9.25. The molecule has 1 aromatic heterocycles. The number of piperidine rings is 1. The fourth-order valence-corrected chi connectivity index (χ4v) is 4.62. The van der Waals surface area contributed by atoms with E-state index >= 15 is 0 Å². The van der Waals surface area contributed by atoms with Gasteiger partial charge < -0.3 is 4.98 Å². The summed E-state index contributed by atoms with van der Waals surface area (Å²) in [5.41, 5.74) is 0. The summed E-state index contributed by atoms with van der Waals surface area (Å²) in [6.07, 6.45) is 2.70. The van der Waals surface area contributed by atoms with Crippen molar-refractivity contribution >= 4 is 20.0 Å². The van der Waals surface area contributed by atoms with E-state index in [4.69, 9.17) is 5.14 Å². The number of hydrogen-bond donors (Lipinski definition) is 2. The van der Waals surface area contributed by atoms with Crippen molar-refractivity contribution in [3.63, 3.8) is 0 Å². The zero-order chi connectivity index (χ0) is 15.0. The van der Waals surface area contributed by atoms with Gasteiger partial charge in [0.25, 0.3) is 10.0 Å². The van der Waals surface area contributed by atoms with E-state index in [0.717, 1.165) is 4.31 Å². The number of primary sulfonamides is 1. The highest BCUT2D eigenvalue weighted by atomic mass is 32.2. The Balaban J connectivity index is 2.25. The van der Waals surface area contributed by atoms with Gasteiger partial charge in [0.2, 0.25) is 10.0 Å². The molecule has 0 aromatic carbocycles. The van der Waals surface area contributed by atoms with Crippen LogP contribution in [0.3, 0.4) is 0 Å². The number of imidazole rings is 1. The monoisotopic (exact) mass is 322 g/mol. The van der Waals surface area contributed by atoms with Crippen LogP contribution in [0.25, 0.3) is 0 Å². The molecule has 1 saturated heterocycles. The summed E-state index contributed by atoms with van der Waals surface area (Å²) in [6.45, 7) is 2.03. The van der Waals surface area contributed by atoms with Gasteiger partial charge in [-0.15, -0.1) is 0 Å². The Bertz CT molecular complexity index is 680. The van der Waals surface area contributed by atoms with Crippen LogP contribution in [-0.4, -0.2) is 49.4 Å². The highest BCUT2D eigenvalue weighted by molar-refractivity contribution is 7.90. The van der Waals surface area contributed by atoms with Gasteiger partial charge in [-0.2, -0.15) is 4.31 Å². The van der Waals surface area contributed by atoms with Crippen molar-refractivity contribution in [1.82, 2.24) is 14.3 Å². The van der Waals surface area contributed by atoms with E-state index in [0.29, 0.717) is 25.1 Å². The van der Waals surface area contributed by atoms with E-state index in [9.17, 15) is 16.8 Å². The molecule has 1 aliphatic heterocycles. The Kier molecular flexibility index (Phi) is 4.19. The van der Waals surface area contributed by atoms with Crippen molar-refractivity contribution in [2.45, 2.75) is 36.5 Å². The molecule has 3 N–H and O–H groups in total. The van der Waals surface area contributed by atoms with Crippen molar-refractivity contribution in [2.24, 2.45) is 5.14 Å². The molecular weight excluding hydrogens is 304 g/mol. The van der Waals surface area contributed by atoms with Gasteiger partial charge in [0, 0.05) is 19.5 Å². The lowest BCUT2D eigenvalue weighted by atomic mass is 10.2. The molecule has 0 amide bonds. The fourth-order valence-electron chi connectivity index (χ4n) is 2.18. The maximum atomic E-state index is 12.4. The maximum absolute atomic E-state index is 12.4. The summed E-state index contributed by atoms with van der Waals surface area (Å²) in [6, 6.07) is 0. The molecule has 0 spiro atoms. The number of hydrogen-bond acceptors (Lipinski definition) is 5. The topological polar surface area (TPSA) is 126 Å². The van der Waals surface area contributed by atoms with Gasteiger partial charge in [-0.25, -0.2) is 27.0 Å². The Labute approximate surface area is 118 Å². The molecule has 0 saturated carbocycles. The molecular formula is C10H18N4O4S2. The second kappa shape index (κ2) is 5.43. The van der Waals surface area contributed by atoms with Gasteiger partial charge in [0.05, 0.1) is 11.4 Å². The average Bonchev–Trinajstić information content (AvgIpc) is 2.87. The Morgan fingerprint density at radius 1 is 1.45 bits per heavy atom. The zero-order valence-corrected chi connectivity index (χ0v) is 12.7. The summed E-state index contributed by atoms with van der Waals surface area (Å²) in [5.74, 6) is 0.573. The van der Waals surface area contributed by atoms with Gasteiger partial charge in [0.15, 0.2) is 5.03 Å². The predicted molar refractivity (Wildman–Crippen MR) is 72.9 cm³/mol. The number of nitrogens with two attached hydrogens (primary N) is 1. The molecule has 0 aliphatic carbocycles. The van der Waals surface area contributed by atoms with Crippen molar-refractivity contribution in [3.8, 4) is 0 Å². The number of rotatable bonds is 4. The molecule has 114 valence electrons. The third-order valence-electron chi connectivity index (χ3n) is 3.36.